The van der Waals surface area contributed by atoms with Gasteiger partial charge in [0.05, 0.1) is 33.9 Å². The van der Waals surface area contributed by atoms with E-state index >= 15 is 0 Å². The van der Waals surface area contributed by atoms with Crippen molar-refractivity contribution in [3.63, 3.8) is 0 Å². The number of hydrogen-bond donors (Lipinski definition) is 2. The Hall–Kier alpha value is -3.57. The molecule has 0 bridgehead atoms. The van der Waals surface area contributed by atoms with E-state index in [1.165, 1.54) is 0 Å². The fourth-order valence-corrected chi connectivity index (χ4v) is 4.51. The van der Waals surface area contributed by atoms with Gasteiger partial charge >= 0.3 is 0 Å². The Balaban J connectivity index is 1.34. The molecule has 2 N–H and O–H groups in total. The Bertz CT molecular complexity index is 1310. The summed E-state index contributed by atoms with van der Waals surface area (Å²) in [6.45, 7) is 3.77. The van der Waals surface area contributed by atoms with E-state index in [1.54, 1.807) is 12.4 Å². The molecule has 1 saturated heterocycles. The van der Waals surface area contributed by atoms with Gasteiger partial charge in [0, 0.05) is 49.5 Å². The molecule has 0 aliphatic carbocycles. The highest BCUT2D eigenvalue weighted by Gasteiger charge is 2.22. The van der Waals surface area contributed by atoms with Crippen molar-refractivity contribution in [2.75, 3.05) is 23.3 Å². The maximum absolute atomic E-state index is 8.96. The first-order valence-electron chi connectivity index (χ1n) is 10.6. The average Bonchev–Trinajstić information content (AvgIpc) is 3.38. The number of hydrogen-bond acceptors (Lipinski definition) is 6. The molecular weight excluding hydrogens is 424 g/mol. The average molecular weight is 447 g/mol. The number of H-pyrrole nitrogens is 1. The van der Waals surface area contributed by atoms with Crippen LogP contribution in [0, 0.1) is 18.3 Å². The van der Waals surface area contributed by atoms with E-state index in [2.05, 4.69) is 42.4 Å². The van der Waals surface area contributed by atoms with Crippen molar-refractivity contribution < 1.29 is 0 Å². The van der Waals surface area contributed by atoms with Gasteiger partial charge in [0.25, 0.3) is 0 Å². The third-order valence-electron chi connectivity index (χ3n) is 5.96. The molecule has 0 atom stereocenters. The van der Waals surface area contributed by atoms with Gasteiger partial charge in [0.1, 0.15) is 17.5 Å². The van der Waals surface area contributed by atoms with Gasteiger partial charge in [-0.25, -0.2) is 9.97 Å². The molecule has 0 unspecified atom stereocenters. The maximum Gasteiger partial charge on any atom is 0.139 e. The molecule has 8 nitrogen and oxygen atoms in total. The second-order valence-electron chi connectivity index (χ2n) is 8.15. The van der Waals surface area contributed by atoms with Crippen LogP contribution in [0.5, 0.6) is 0 Å². The van der Waals surface area contributed by atoms with Crippen molar-refractivity contribution in [3.05, 3.63) is 53.1 Å². The van der Waals surface area contributed by atoms with Crippen LogP contribution < -0.4 is 10.2 Å². The van der Waals surface area contributed by atoms with Crippen LogP contribution in [0.15, 0.2) is 36.8 Å². The van der Waals surface area contributed by atoms with E-state index in [0.717, 1.165) is 65.4 Å². The van der Waals surface area contributed by atoms with Gasteiger partial charge in [-0.1, -0.05) is 11.6 Å². The van der Waals surface area contributed by atoms with Crippen molar-refractivity contribution in [2.45, 2.75) is 25.8 Å². The summed E-state index contributed by atoms with van der Waals surface area (Å²) in [6, 6.07) is 8.23. The van der Waals surface area contributed by atoms with Crippen LogP contribution in [0.2, 0.25) is 5.02 Å². The summed E-state index contributed by atoms with van der Waals surface area (Å²) < 4.78 is 1.81. The van der Waals surface area contributed by atoms with Crippen molar-refractivity contribution in [2.24, 2.45) is 7.05 Å². The van der Waals surface area contributed by atoms with Gasteiger partial charge in [-0.3, -0.25) is 4.68 Å². The lowest BCUT2D eigenvalue weighted by Gasteiger charge is -2.33. The number of halogens is 1. The SMILES string of the molecule is Cc1nn(C)cc1-c1cc2c(NC3CCN(c4ccc(C#N)cn4)CC3)c(Cl)cnc2[nH]1. The number of rotatable bonds is 4. The molecule has 0 aromatic carbocycles. The van der Waals surface area contributed by atoms with E-state index in [0.29, 0.717) is 16.6 Å². The predicted molar refractivity (Wildman–Crippen MR) is 126 cm³/mol. The zero-order chi connectivity index (χ0) is 22.2. The summed E-state index contributed by atoms with van der Waals surface area (Å²) in [5.41, 5.74) is 5.28. The summed E-state index contributed by atoms with van der Waals surface area (Å²) in [7, 11) is 1.92. The van der Waals surface area contributed by atoms with E-state index in [-0.39, 0.29) is 0 Å². The minimum absolute atomic E-state index is 0.297. The Labute approximate surface area is 190 Å². The monoisotopic (exact) mass is 446 g/mol. The van der Waals surface area contributed by atoms with Crippen LogP contribution in [0.25, 0.3) is 22.3 Å². The smallest absolute Gasteiger partial charge is 0.139 e. The van der Waals surface area contributed by atoms with Gasteiger partial charge < -0.3 is 15.2 Å². The Morgan fingerprint density at radius 1 is 1.22 bits per heavy atom. The lowest BCUT2D eigenvalue weighted by molar-refractivity contribution is 0.524. The van der Waals surface area contributed by atoms with Crippen molar-refractivity contribution in [1.29, 1.82) is 5.26 Å². The molecule has 1 aliphatic rings. The lowest BCUT2D eigenvalue weighted by Crippen LogP contribution is -2.39. The minimum Gasteiger partial charge on any atom is -0.380 e. The number of piperidine rings is 1. The molecule has 9 heteroatoms. The number of aryl methyl sites for hydroxylation is 2. The molecule has 1 fully saturated rings. The summed E-state index contributed by atoms with van der Waals surface area (Å²) in [5, 5.41) is 18.7. The van der Waals surface area contributed by atoms with E-state index in [4.69, 9.17) is 16.9 Å². The normalized spacial score (nSPS) is 14.6. The maximum atomic E-state index is 8.96. The first-order valence-corrected chi connectivity index (χ1v) is 10.9. The standard InChI is InChI=1S/C23H23ClN8/c1-14-18(13-31(2)30-14)20-9-17-22(19(24)12-27-23(17)29-20)28-16-5-7-32(8-6-16)21-4-3-15(10-25)11-26-21/h3-4,9,11-13,16H,5-8H2,1-2H3,(H2,27,28,29). The highest BCUT2D eigenvalue weighted by atomic mass is 35.5. The molecular formula is C23H23ClN8. The van der Waals surface area contributed by atoms with E-state index in [9.17, 15) is 0 Å². The molecule has 5 rings (SSSR count). The summed E-state index contributed by atoms with van der Waals surface area (Å²) in [6.07, 6.45) is 7.24. The zero-order valence-corrected chi connectivity index (χ0v) is 18.7. The molecule has 32 heavy (non-hydrogen) atoms. The van der Waals surface area contributed by atoms with Crippen LogP contribution in [0.3, 0.4) is 0 Å². The second kappa shape index (κ2) is 8.17. The first-order chi connectivity index (χ1) is 15.5. The molecule has 4 aromatic rings. The third-order valence-corrected chi connectivity index (χ3v) is 6.25. The van der Waals surface area contributed by atoms with Gasteiger partial charge in [-0.15, -0.1) is 0 Å². The number of pyridine rings is 2. The van der Waals surface area contributed by atoms with Crippen LogP contribution in [-0.2, 0) is 7.05 Å². The largest absolute Gasteiger partial charge is 0.380 e. The Kier molecular flexibility index (Phi) is 5.19. The van der Waals surface area contributed by atoms with Crippen molar-refractivity contribution in [3.8, 4) is 17.3 Å². The molecule has 162 valence electrons. The van der Waals surface area contributed by atoms with Gasteiger partial charge in [0.2, 0.25) is 0 Å². The molecule has 4 aromatic heterocycles. The molecule has 0 saturated carbocycles. The van der Waals surface area contributed by atoms with Crippen molar-refractivity contribution in [1.82, 2.24) is 24.7 Å². The predicted octanol–water partition coefficient (Wildman–Crippen LogP) is 4.27. The van der Waals surface area contributed by atoms with Crippen LogP contribution in [0.4, 0.5) is 11.5 Å². The fourth-order valence-electron chi connectivity index (χ4n) is 4.30. The number of nitrogens with zero attached hydrogens (tertiary/aromatic N) is 6. The highest BCUT2D eigenvalue weighted by molar-refractivity contribution is 6.34. The van der Waals surface area contributed by atoms with Crippen LogP contribution in [-0.4, -0.2) is 43.9 Å². The van der Waals surface area contributed by atoms with Crippen LogP contribution in [0.1, 0.15) is 24.1 Å². The number of aromatic amines is 1. The molecule has 1 aliphatic heterocycles. The topological polar surface area (TPSA) is 98.5 Å². The summed E-state index contributed by atoms with van der Waals surface area (Å²) in [5.74, 6) is 0.911. The summed E-state index contributed by atoms with van der Waals surface area (Å²) in [4.78, 5) is 14.6. The Morgan fingerprint density at radius 3 is 2.69 bits per heavy atom. The number of anilines is 2. The highest BCUT2D eigenvalue weighted by Crippen LogP contribution is 2.35. The quantitative estimate of drug-likeness (QED) is 0.485. The zero-order valence-electron chi connectivity index (χ0n) is 17.9. The number of nitriles is 1. The fraction of sp³-hybridized carbons (Fsp3) is 0.304. The molecule has 5 heterocycles. The summed E-state index contributed by atoms with van der Waals surface area (Å²) >= 11 is 6.56. The van der Waals surface area contributed by atoms with Crippen LogP contribution >= 0.6 is 11.6 Å². The third kappa shape index (κ3) is 3.76. The minimum atomic E-state index is 0.297. The first kappa shape index (κ1) is 20.3. The molecule has 0 radical (unpaired) electrons. The van der Waals surface area contributed by atoms with Gasteiger partial charge in [-0.2, -0.15) is 10.4 Å². The van der Waals surface area contributed by atoms with E-state index < -0.39 is 0 Å². The number of fused-ring (bicyclic) bond motifs is 1. The van der Waals surface area contributed by atoms with Crippen molar-refractivity contribution >= 4 is 34.1 Å². The second-order valence-corrected chi connectivity index (χ2v) is 8.56. The van der Waals surface area contributed by atoms with Gasteiger partial charge in [0.15, 0.2) is 0 Å². The molecule has 0 spiro atoms. The number of nitrogens with one attached hydrogen (secondary N) is 2. The molecule has 0 amide bonds. The Morgan fingerprint density at radius 2 is 2.03 bits per heavy atom. The number of aromatic nitrogens is 5. The van der Waals surface area contributed by atoms with Gasteiger partial charge in [-0.05, 0) is 38.0 Å². The van der Waals surface area contributed by atoms with E-state index in [1.807, 2.05) is 37.0 Å². The lowest BCUT2D eigenvalue weighted by atomic mass is 10.0.